The zero-order valence-corrected chi connectivity index (χ0v) is 16.5. The topological polar surface area (TPSA) is 65.2 Å². The molecule has 3 rings (SSSR count). The van der Waals surface area contributed by atoms with Crippen molar-refractivity contribution in [3.8, 4) is 11.5 Å². The number of phenols is 2. The number of aromatic hydroxyl groups is 2. The summed E-state index contributed by atoms with van der Waals surface area (Å²) in [4.78, 5) is 8.82. The first-order valence-corrected chi connectivity index (χ1v) is 7.47. The minimum Gasteiger partial charge on any atom is -0.507 e. The minimum atomic E-state index is 0. The Labute approximate surface area is 159 Å². The van der Waals surface area contributed by atoms with Gasteiger partial charge in [0.25, 0.3) is 0 Å². The van der Waals surface area contributed by atoms with E-state index in [-0.39, 0.29) is 31.0 Å². The van der Waals surface area contributed by atoms with Crippen LogP contribution in [0.15, 0.2) is 82.8 Å². The van der Waals surface area contributed by atoms with E-state index < -0.39 is 0 Å². The van der Waals surface area contributed by atoms with E-state index >= 15 is 0 Å². The van der Waals surface area contributed by atoms with Gasteiger partial charge in [0.05, 0.1) is 11.4 Å². The van der Waals surface area contributed by atoms with Crippen LogP contribution in [-0.2, 0) is 19.5 Å². The number of hydrogen-bond acceptors (Lipinski definition) is 4. The van der Waals surface area contributed by atoms with Crippen LogP contribution in [0.1, 0.15) is 11.1 Å². The number of aliphatic imine (C=N–C) groups is 2. The zero-order valence-electron chi connectivity index (χ0n) is 13.6. The summed E-state index contributed by atoms with van der Waals surface area (Å²) in [6.07, 6.45) is 3.20. The van der Waals surface area contributed by atoms with Crippen molar-refractivity contribution in [2.24, 2.45) is 9.98 Å². The van der Waals surface area contributed by atoms with Crippen LogP contribution in [0.3, 0.4) is 0 Å². The number of para-hydroxylation sites is 4. The number of nitrogens with zero attached hydrogens (tertiary/aromatic N) is 2. The summed E-state index contributed by atoms with van der Waals surface area (Å²) in [5.41, 5.74) is 2.62. The van der Waals surface area contributed by atoms with Gasteiger partial charge < -0.3 is 10.2 Å². The smallest absolute Gasteiger partial charge is 0.507 e. The second kappa shape index (κ2) is 8.90. The third kappa shape index (κ3) is 4.85. The minimum absolute atomic E-state index is 0. The van der Waals surface area contributed by atoms with E-state index in [2.05, 4.69) is 9.98 Å². The Hall–Kier alpha value is -2.78. The molecular weight excluding hydrogens is 366 g/mol. The molecule has 0 bridgehead atoms. The Morgan fingerprint density at radius 3 is 1.32 bits per heavy atom. The summed E-state index contributed by atoms with van der Waals surface area (Å²) in [6.45, 7) is 0. The third-order valence-corrected chi connectivity index (χ3v) is 3.44. The second-order valence-electron chi connectivity index (χ2n) is 5.12. The maximum absolute atomic E-state index is 9.79. The average molecular weight is 382 g/mol. The maximum atomic E-state index is 9.79. The molecule has 4 nitrogen and oxygen atoms in total. The van der Waals surface area contributed by atoms with Crippen molar-refractivity contribution in [3.63, 3.8) is 0 Å². The number of rotatable bonds is 4. The van der Waals surface area contributed by atoms with Crippen molar-refractivity contribution in [1.82, 2.24) is 0 Å². The molecule has 118 valence electrons. The summed E-state index contributed by atoms with van der Waals surface area (Å²) in [5.74, 6) is 0.355. The van der Waals surface area contributed by atoms with Crippen molar-refractivity contribution in [1.29, 1.82) is 0 Å². The molecule has 0 spiro atoms. The molecule has 0 amide bonds. The molecule has 3 aromatic carbocycles. The van der Waals surface area contributed by atoms with E-state index in [0.717, 1.165) is 0 Å². The quantitative estimate of drug-likeness (QED) is 0.512. The van der Waals surface area contributed by atoms with Gasteiger partial charge >= 0.3 is 19.5 Å². The number of hydrogen-bond donors (Lipinski definition) is 2. The van der Waals surface area contributed by atoms with Crippen molar-refractivity contribution in [2.75, 3.05) is 0 Å². The summed E-state index contributed by atoms with van der Waals surface area (Å²) in [6, 6.07) is 21.4. The molecular formula is C20H16N2O2Zn+2. The van der Waals surface area contributed by atoms with Crippen LogP contribution in [0.4, 0.5) is 11.4 Å². The molecule has 0 aromatic heterocycles. The van der Waals surface area contributed by atoms with E-state index in [1.807, 2.05) is 36.4 Å². The normalized spacial score (nSPS) is 10.9. The average Bonchev–Trinajstić information content (AvgIpc) is 2.61. The summed E-state index contributed by atoms with van der Waals surface area (Å²) >= 11 is 0. The Kier molecular flexibility index (Phi) is 6.61. The van der Waals surface area contributed by atoms with Crippen molar-refractivity contribution in [3.05, 3.63) is 83.9 Å². The maximum Gasteiger partial charge on any atom is 2.00 e. The van der Waals surface area contributed by atoms with Crippen LogP contribution in [-0.4, -0.2) is 22.6 Å². The van der Waals surface area contributed by atoms with Gasteiger partial charge in [-0.2, -0.15) is 0 Å². The van der Waals surface area contributed by atoms with Gasteiger partial charge in [-0.1, -0.05) is 36.4 Å². The van der Waals surface area contributed by atoms with Gasteiger partial charge in [0, 0.05) is 23.6 Å². The fraction of sp³-hybridized carbons (Fsp3) is 0. The van der Waals surface area contributed by atoms with E-state index in [1.165, 1.54) is 0 Å². The van der Waals surface area contributed by atoms with Crippen LogP contribution in [0.25, 0.3) is 0 Å². The molecule has 25 heavy (non-hydrogen) atoms. The molecule has 0 aliphatic heterocycles. The van der Waals surface area contributed by atoms with E-state index in [0.29, 0.717) is 22.5 Å². The molecule has 3 aromatic rings. The van der Waals surface area contributed by atoms with Gasteiger partial charge in [-0.05, 0) is 36.4 Å². The van der Waals surface area contributed by atoms with Gasteiger partial charge in [-0.15, -0.1) is 0 Å². The molecule has 0 aliphatic carbocycles. The fourth-order valence-corrected chi connectivity index (χ4v) is 2.15. The van der Waals surface area contributed by atoms with Crippen molar-refractivity contribution >= 4 is 23.8 Å². The Morgan fingerprint density at radius 1 is 0.560 bits per heavy atom. The van der Waals surface area contributed by atoms with Crippen LogP contribution in [0, 0.1) is 0 Å². The van der Waals surface area contributed by atoms with Crippen LogP contribution in [0.5, 0.6) is 11.5 Å². The first-order chi connectivity index (χ1) is 11.7. The summed E-state index contributed by atoms with van der Waals surface area (Å²) in [7, 11) is 0. The van der Waals surface area contributed by atoms with Crippen LogP contribution >= 0.6 is 0 Å². The predicted molar refractivity (Wildman–Crippen MR) is 97.2 cm³/mol. The van der Waals surface area contributed by atoms with Crippen LogP contribution < -0.4 is 0 Å². The van der Waals surface area contributed by atoms with Gasteiger partial charge in [0.1, 0.15) is 11.5 Å². The Morgan fingerprint density at radius 2 is 0.920 bits per heavy atom. The molecule has 5 heteroatoms. The first-order valence-electron chi connectivity index (χ1n) is 7.47. The molecule has 2 N–H and O–H groups in total. The van der Waals surface area contributed by atoms with Crippen molar-refractivity contribution in [2.45, 2.75) is 0 Å². The van der Waals surface area contributed by atoms with Crippen molar-refractivity contribution < 1.29 is 29.7 Å². The monoisotopic (exact) mass is 380 g/mol. The zero-order chi connectivity index (χ0) is 16.8. The number of benzene rings is 3. The molecule has 0 unspecified atom stereocenters. The largest absolute Gasteiger partial charge is 2.00 e. The number of phenolic OH excluding ortho intramolecular Hbond substituents is 2. The molecule has 0 aliphatic rings. The van der Waals surface area contributed by atoms with Crippen LogP contribution in [0.2, 0.25) is 0 Å². The SMILES string of the molecule is Oc1ccccc1C=Nc1ccccc1N=Cc1ccccc1O.[Zn+2]. The Balaban J connectivity index is 0.00000225. The van der Waals surface area contributed by atoms with E-state index in [9.17, 15) is 10.2 Å². The van der Waals surface area contributed by atoms with Gasteiger partial charge in [-0.25, -0.2) is 0 Å². The molecule has 0 heterocycles. The molecule has 0 radical (unpaired) electrons. The Bertz CT molecular complexity index is 833. The van der Waals surface area contributed by atoms with E-state index in [1.54, 1.807) is 48.8 Å². The third-order valence-electron chi connectivity index (χ3n) is 3.44. The predicted octanol–water partition coefficient (Wildman–Crippen LogP) is 4.60. The first kappa shape index (κ1) is 18.6. The fourth-order valence-electron chi connectivity index (χ4n) is 2.15. The molecule has 0 atom stereocenters. The second-order valence-corrected chi connectivity index (χ2v) is 5.12. The van der Waals surface area contributed by atoms with Gasteiger partial charge in [-0.3, -0.25) is 9.98 Å². The van der Waals surface area contributed by atoms with Gasteiger partial charge in [0.15, 0.2) is 0 Å². The summed E-state index contributed by atoms with van der Waals surface area (Å²) < 4.78 is 0. The molecule has 0 saturated carbocycles. The van der Waals surface area contributed by atoms with E-state index in [4.69, 9.17) is 0 Å². The molecule has 0 saturated heterocycles. The molecule has 0 fully saturated rings. The summed E-state index contributed by atoms with van der Waals surface area (Å²) in [5, 5.41) is 19.6. The van der Waals surface area contributed by atoms with Gasteiger partial charge in [0.2, 0.25) is 0 Å². The standard InChI is InChI=1S/C20H16N2O2.Zn/c23-19-11-5-1-7-15(19)13-21-17-9-3-4-10-18(17)22-14-16-8-2-6-12-20(16)24;/h1-14,23-24H;/q;+2.